The molecule has 5 nitrogen and oxygen atoms in total. The molecule has 6 heteroatoms. The number of carboxylic acids is 1. The average Bonchev–Trinajstić information content (AvgIpc) is 2.29. The molecule has 1 saturated heterocycles. The zero-order chi connectivity index (χ0) is 16.6. The van der Waals surface area contributed by atoms with Gasteiger partial charge in [0.05, 0.1) is 18.4 Å². The molecule has 0 aromatic carbocycles. The first kappa shape index (κ1) is 18.2. The van der Waals surface area contributed by atoms with E-state index in [0.29, 0.717) is 0 Å². The van der Waals surface area contributed by atoms with E-state index >= 15 is 0 Å². The van der Waals surface area contributed by atoms with Crippen LogP contribution in [0.2, 0.25) is 18.1 Å². The van der Waals surface area contributed by atoms with Crippen molar-refractivity contribution in [2.24, 2.45) is 11.8 Å². The molecule has 0 aliphatic carbocycles. The minimum atomic E-state index is -2.03. The van der Waals surface area contributed by atoms with Gasteiger partial charge < -0.3 is 14.3 Å². The number of ether oxygens (including phenoxy) is 1. The summed E-state index contributed by atoms with van der Waals surface area (Å²) in [6.07, 6.45) is -1.06. The molecule has 0 saturated carbocycles. The fourth-order valence-corrected chi connectivity index (χ4v) is 3.74. The fraction of sp³-hybridized carbons (Fsp3) is 0.867. The molecule has 1 aliphatic rings. The van der Waals surface area contributed by atoms with Crippen molar-refractivity contribution in [3.63, 3.8) is 0 Å². The Labute approximate surface area is 128 Å². The third-order valence-electron chi connectivity index (χ3n) is 4.85. The minimum Gasteiger partial charge on any atom is -0.481 e. The van der Waals surface area contributed by atoms with Gasteiger partial charge in [-0.2, -0.15) is 0 Å². The van der Waals surface area contributed by atoms with E-state index in [4.69, 9.17) is 14.3 Å². The minimum absolute atomic E-state index is 0.0378. The van der Waals surface area contributed by atoms with Crippen molar-refractivity contribution < 1.29 is 23.9 Å². The van der Waals surface area contributed by atoms with Gasteiger partial charge in [-0.1, -0.05) is 27.7 Å². The predicted molar refractivity (Wildman–Crippen MR) is 82.5 cm³/mol. The van der Waals surface area contributed by atoms with E-state index in [9.17, 15) is 9.59 Å². The van der Waals surface area contributed by atoms with Crippen LogP contribution in [-0.4, -0.2) is 37.6 Å². The Bertz CT molecular complexity index is 413. The molecule has 0 amide bonds. The van der Waals surface area contributed by atoms with Crippen LogP contribution in [0.15, 0.2) is 0 Å². The summed E-state index contributed by atoms with van der Waals surface area (Å²) in [5, 5.41) is 9.00. The molecule has 0 spiro atoms. The van der Waals surface area contributed by atoms with Crippen molar-refractivity contribution in [3.8, 4) is 0 Å². The molecule has 1 fully saturated rings. The highest BCUT2D eigenvalue weighted by Crippen LogP contribution is 2.41. The summed E-state index contributed by atoms with van der Waals surface area (Å²) >= 11 is 0. The Morgan fingerprint density at radius 1 is 1.33 bits per heavy atom. The monoisotopic (exact) mass is 316 g/mol. The first-order valence-corrected chi connectivity index (χ1v) is 10.4. The average molecular weight is 316 g/mol. The summed E-state index contributed by atoms with van der Waals surface area (Å²) in [6, 6.07) is 0. The van der Waals surface area contributed by atoms with E-state index in [1.165, 1.54) is 0 Å². The van der Waals surface area contributed by atoms with Gasteiger partial charge in [-0.3, -0.25) is 9.59 Å². The van der Waals surface area contributed by atoms with E-state index < -0.39 is 20.4 Å². The van der Waals surface area contributed by atoms with Crippen molar-refractivity contribution in [3.05, 3.63) is 0 Å². The third kappa shape index (κ3) is 4.07. The number of cyclic esters (lactones) is 1. The van der Waals surface area contributed by atoms with E-state index in [0.717, 1.165) is 0 Å². The Balaban J connectivity index is 2.96. The van der Waals surface area contributed by atoms with Crippen LogP contribution in [0.1, 0.15) is 41.0 Å². The van der Waals surface area contributed by atoms with Crippen molar-refractivity contribution in [1.82, 2.24) is 0 Å². The van der Waals surface area contributed by atoms with Crippen LogP contribution in [0.3, 0.4) is 0 Å². The molecule has 122 valence electrons. The van der Waals surface area contributed by atoms with Crippen molar-refractivity contribution in [2.45, 2.75) is 71.4 Å². The lowest BCUT2D eigenvalue weighted by Crippen LogP contribution is -2.54. The SMILES string of the molecule is C[C@@H]1[C@H](O[Si](C)(C)C(C)(C)C)[C@@H](C)C(=O)O[C@H]1CC(=O)O. The van der Waals surface area contributed by atoms with Crippen LogP contribution in [0.4, 0.5) is 0 Å². The number of hydrogen-bond donors (Lipinski definition) is 1. The van der Waals surface area contributed by atoms with E-state index in [1.807, 2.05) is 6.92 Å². The Morgan fingerprint density at radius 2 is 1.86 bits per heavy atom. The Hall–Kier alpha value is -0.883. The van der Waals surface area contributed by atoms with Crippen LogP contribution in [0, 0.1) is 11.8 Å². The summed E-state index contributed by atoms with van der Waals surface area (Å²) in [6.45, 7) is 14.4. The smallest absolute Gasteiger partial charge is 0.311 e. The van der Waals surface area contributed by atoms with Gasteiger partial charge in [0, 0.05) is 5.92 Å². The summed E-state index contributed by atoms with van der Waals surface area (Å²) in [5.74, 6) is -1.80. The lowest BCUT2D eigenvalue weighted by atomic mass is 9.85. The highest BCUT2D eigenvalue weighted by atomic mass is 28.4. The zero-order valence-electron chi connectivity index (χ0n) is 14.1. The molecule has 1 N–H and O–H groups in total. The second kappa shape index (κ2) is 6.08. The Morgan fingerprint density at radius 3 is 2.29 bits per heavy atom. The topological polar surface area (TPSA) is 72.8 Å². The molecule has 1 aliphatic heterocycles. The first-order valence-electron chi connectivity index (χ1n) is 7.47. The van der Waals surface area contributed by atoms with Gasteiger partial charge in [-0.05, 0) is 25.1 Å². The molecule has 0 radical (unpaired) electrons. The van der Waals surface area contributed by atoms with Crippen LogP contribution in [0.5, 0.6) is 0 Å². The van der Waals surface area contributed by atoms with Crippen LogP contribution >= 0.6 is 0 Å². The van der Waals surface area contributed by atoms with Crippen molar-refractivity contribution in [1.29, 1.82) is 0 Å². The second-order valence-electron chi connectivity index (χ2n) is 7.56. The van der Waals surface area contributed by atoms with Gasteiger partial charge in [-0.15, -0.1) is 0 Å². The lowest BCUT2D eigenvalue weighted by molar-refractivity contribution is -0.178. The number of carbonyl (C=O) groups is 2. The third-order valence-corrected chi connectivity index (χ3v) is 9.32. The number of esters is 1. The number of carbonyl (C=O) groups excluding carboxylic acids is 1. The highest BCUT2D eigenvalue weighted by molar-refractivity contribution is 6.74. The molecular weight excluding hydrogens is 288 g/mol. The second-order valence-corrected chi connectivity index (χ2v) is 12.3. The van der Waals surface area contributed by atoms with Crippen molar-refractivity contribution >= 4 is 20.3 Å². The van der Waals surface area contributed by atoms with E-state index in [2.05, 4.69) is 33.9 Å². The molecule has 1 heterocycles. The highest BCUT2D eigenvalue weighted by Gasteiger charge is 2.48. The fourth-order valence-electron chi connectivity index (χ4n) is 2.29. The molecular formula is C15H28O5Si. The molecule has 0 bridgehead atoms. The van der Waals surface area contributed by atoms with Gasteiger partial charge in [0.25, 0.3) is 0 Å². The molecule has 4 atom stereocenters. The summed E-state index contributed by atoms with van der Waals surface area (Å²) < 4.78 is 11.7. The number of aliphatic carboxylic acids is 1. The maximum absolute atomic E-state index is 12.0. The van der Waals surface area contributed by atoms with Gasteiger partial charge in [0.1, 0.15) is 6.10 Å². The largest absolute Gasteiger partial charge is 0.481 e. The normalized spacial score (nSPS) is 30.9. The molecule has 21 heavy (non-hydrogen) atoms. The molecule has 0 unspecified atom stereocenters. The summed E-state index contributed by atoms with van der Waals surface area (Å²) in [5.41, 5.74) is 0. The molecule has 0 aromatic rings. The standard InChI is InChI=1S/C15H28O5Si/c1-9-11(8-12(16)17)19-14(18)10(2)13(9)20-21(6,7)15(3,4)5/h9-11,13H,8H2,1-7H3,(H,16,17)/t9-,10+,11-,13-/m0/s1. The van der Waals surface area contributed by atoms with E-state index in [1.54, 1.807) is 6.92 Å². The maximum atomic E-state index is 12.0. The Kier molecular flexibility index (Phi) is 5.26. The van der Waals surface area contributed by atoms with Gasteiger partial charge >= 0.3 is 11.9 Å². The van der Waals surface area contributed by atoms with E-state index in [-0.39, 0.29) is 35.4 Å². The first-order chi connectivity index (χ1) is 9.36. The van der Waals surface area contributed by atoms with Gasteiger partial charge in [-0.25, -0.2) is 0 Å². The van der Waals surface area contributed by atoms with Gasteiger partial charge in [0.2, 0.25) is 0 Å². The number of rotatable bonds is 4. The van der Waals surface area contributed by atoms with Crippen LogP contribution in [0.25, 0.3) is 0 Å². The van der Waals surface area contributed by atoms with Gasteiger partial charge in [0.15, 0.2) is 8.32 Å². The maximum Gasteiger partial charge on any atom is 0.311 e. The van der Waals surface area contributed by atoms with Crippen LogP contribution < -0.4 is 0 Å². The number of carboxylic acid groups (broad SMARTS) is 1. The predicted octanol–water partition coefficient (Wildman–Crippen LogP) is 3.05. The number of hydrogen-bond acceptors (Lipinski definition) is 4. The zero-order valence-corrected chi connectivity index (χ0v) is 15.1. The summed E-state index contributed by atoms with van der Waals surface area (Å²) in [4.78, 5) is 22.9. The molecule has 0 aromatic heterocycles. The van der Waals surface area contributed by atoms with Crippen molar-refractivity contribution in [2.75, 3.05) is 0 Å². The quantitative estimate of drug-likeness (QED) is 0.637. The summed E-state index contributed by atoms with van der Waals surface area (Å²) in [7, 11) is -2.03. The van der Waals surface area contributed by atoms with Crippen LogP contribution in [-0.2, 0) is 18.8 Å². The molecule has 1 rings (SSSR count). The lowest BCUT2D eigenvalue weighted by Gasteiger charge is -2.45.